The lowest BCUT2D eigenvalue weighted by Gasteiger charge is -2.22. The van der Waals surface area contributed by atoms with Crippen LogP contribution in [-0.2, 0) is 0 Å². The lowest BCUT2D eigenvalue weighted by Crippen LogP contribution is -2.14. The van der Waals surface area contributed by atoms with Gasteiger partial charge in [-0.25, -0.2) is 19.3 Å². The minimum absolute atomic E-state index is 0.0926. The first-order chi connectivity index (χ1) is 16.0. The van der Waals surface area contributed by atoms with Gasteiger partial charge in [0, 0.05) is 10.9 Å². The van der Waals surface area contributed by atoms with Gasteiger partial charge in [-0.3, -0.25) is 0 Å². The van der Waals surface area contributed by atoms with E-state index >= 15 is 0 Å². The molecule has 0 spiro atoms. The van der Waals surface area contributed by atoms with E-state index in [0.29, 0.717) is 28.2 Å². The second kappa shape index (κ2) is 10.4. The Morgan fingerprint density at radius 1 is 1.12 bits per heavy atom. The fourth-order valence-corrected chi connectivity index (χ4v) is 3.53. The number of rotatable bonds is 5. The molecule has 4 aromatic rings. The van der Waals surface area contributed by atoms with E-state index in [-0.39, 0.29) is 23.2 Å². The van der Waals surface area contributed by atoms with Crippen molar-refractivity contribution in [2.45, 2.75) is 26.8 Å². The van der Waals surface area contributed by atoms with E-state index in [1.807, 2.05) is 57.2 Å². The SMILES string of the molecule is CC.COc1c(-c2ccccc2)c(C(C)Nc2ncnc(N)c2C#N)nc2ccc(F)cc12. The quantitative estimate of drug-likeness (QED) is 0.419. The molecule has 0 radical (unpaired) electrons. The number of pyridine rings is 1. The van der Waals surface area contributed by atoms with Gasteiger partial charge < -0.3 is 15.8 Å². The molecule has 1 unspecified atom stereocenters. The molecular weight excluding hydrogens is 419 g/mol. The Labute approximate surface area is 192 Å². The van der Waals surface area contributed by atoms with Gasteiger partial charge in [-0.05, 0) is 30.7 Å². The Morgan fingerprint density at radius 2 is 1.85 bits per heavy atom. The van der Waals surface area contributed by atoms with Crippen LogP contribution < -0.4 is 15.8 Å². The summed E-state index contributed by atoms with van der Waals surface area (Å²) < 4.78 is 19.7. The van der Waals surface area contributed by atoms with Gasteiger partial charge in [0.15, 0.2) is 0 Å². The summed E-state index contributed by atoms with van der Waals surface area (Å²) in [5.41, 5.74) is 8.81. The number of methoxy groups -OCH3 is 1. The van der Waals surface area contributed by atoms with Gasteiger partial charge >= 0.3 is 0 Å². The molecule has 0 aliphatic carbocycles. The maximum Gasteiger partial charge on any atom is 0.150 e. The fraction of sp³-hybridized carbons (Fsp3) is 0.200. The van der Waals surface area contributed by atoms with Crippen LogP contribution in [0.2, 0.25) is 0 Å². The van der Waals surface area contributed by atoms with Gasteiger partial charge in [-0.15, -0.1) is 0 Å². The van der Waals surface area contributed by atoms with E-state index in [2.05, 4.69) is 15.3 Å². The maximum atomic E-state index is 14.0. The zero-order valence-electron chi connectivity index (χ0n) is 18.9. The number of nitrogens with one attached hydrogen (secondary N) is 1. The molecule has 2 heterocycles. The third kappa shape index (κ3) is 4.67. The smallest absolute Gasteiger partial charge is 0.150 e. The summed E-state index contributed by atoms with van der Waals surface area (Å²) >= 11 is 0. The molecular formula is C25H25FN6O. The number of ether oxygens (including phenoxy) is 1. The summed E-state index contributed by atoms with van der Waals surface area (Å²) in [6.45, 7) is 5.89. The molecule has 3 N–H and O–H groups in total. The molecule has 0 aliphatic rings. The number of benzene rings is 2. The fourth-order valence-electron chi connectivity index (χ4n) is 3.53. The van der Waals surface area contributed by atoms with Gasteiger partial charge in [-0.2, -0.15) is 5.26 Å². The highest BCUT2D eigenvalue weighted by Crippen LogP contribution is 2.41. The first-order valence-electron chi connectivity index (χ1n) is 10.5. The number of hydrogen-bond donors (Lipinski definition) is 2. The van der Waals surface area contributed by atoms with Crippen molar-refractivity contribution in [2.24, 2.45) is 0 Å². The molecule has 0 amide bonds. The first kappa shape index (κ1) is 23.4. The van der Waals surface area contributed by atoms with Crippen LogP contribution in [0.3, 0.4) is 0 Å². The zero-order chi connectivity index (χ0) is 24.0. The van der Waals surface area contributed by atoms with Gasteiger partial charge in [0.1, 0.15) is 41.2 Å². The Bertz CT molecular complexity index is 1300. The summed E-state index contributed by atoms with van der Waals surface area (Å²) in [4.78, 5) is 12.8. The number of hydrogen-bond acceptors (Lipinski definition) is 7. The molecule has 2 aromatic carbocycles. The van der Waals surface area contributed by atoms with Gasteiger partial charge in [0.2, 0.25) is 0 Å². The minimum atomic E-state index is -0.389. The van der Waals surface area contributed by atoms with Crippen molar-refractivity contribution in [1.29, 1.82) is 5.26 Å². The molecule has 168 valence electrons. The largest absolute Gasteiger partial charge is 0.495 e. The molecule has 8 heteroatoms. The minimum Gasteiger partial charge on any atom is -0.495 e. The van der Waals surface area contributed by atoms with E-state index in [1.54, 1.807) is 13.2 Å². The van der Waals surface area contributed by atoms with E-state index < -0.39 is 0 Å². The number of nitrogens with two attached hydrogens (primary N) is 1. The van der Waals surface area contributed by atoms with E-state index in [0.717, 1.165) is 11.1 Å². The topological polar surface area (TPSA) is 110 Å². The van der Waals surface area contributed by atoms with Crippen LogP contribution in [0.15, 0.2) is 54.9 Å². The van der Waals surface area contributed by atoms with Crippen LogP contribution in [0.25, 0.3) is 22.0 Å². The molecule has 0 fully saturated rings. The Kier molecular flexibility index (Phi) is 7.36. The molecule has 4 rings (SSSR count). The van der Waals surface area contributed by atoms with Crippen molar-refractivity contribution in [3.05, 3.63) is 71.9 Å². The Hall–Kier alpha value is -4.25. The van der Waals surface area contributed by atoms with Crippen molar-refractivity contribution in [2.75, 3.05) is 18.2 Å². The average Bonchev–Trinajstić information content (AvgIpc) is 2.84. The van der Waals surface area contributed by atoms with Gasteiger partial charge in [-0.1, -0.05) is 44.2 Å². The molecule has 0 aliphatic heterocycles. The monoisotopic (exact) mass is 444 g/mol. The van der Waals surface area contributed by atoms with Crippen LogP contribution in [0, 0.1) is 17.1 Å². The van der Waals surface area contributed by atoms with Crippen molar-refractivity contribution in [3.63, 3.8) is 0 Å². The standard InChI is InChI=1S/C23H19FN6O.C2H6/c1-13(29-23-17(11-25)22(26)27-12-28-23)20-19(14-6-4-3-5-7-14)21(31-2)16-10-15(24)8-9-18(16)30-20;1-2/h3-10,12-13H,1-2H3,(H3,26,27,28,29);1-2H3. The number of anilines is 2. The second-order valence-electron chi connectivity index (χ2n) is 6.89. The van der Waals surface area contributed by atoms with E-state index in [1.165, 1.54) is 18.5 Å². The zero-order valence-corrected chi connectivity index (χ0v) is 18.9. The van der Waals surface area contributed by atoms with Crippen LogP contribution in [0.4, 0.5) is 16.0 Å². The second-order valence-corrected chi connectivity index (χ2v) is 6.89. The molecule has 33 heavy (non-hydrogen) atoms. The first-order valence-corrected chi connectivity index (χ1v) is 10.5. The molecule has 7 nitrogen and oxygen atoms in total. The van der Waals surface area contributed by atoms with Gasteiger partial charge in [0.25, 0.3) is 0 Å². The molecule has 0 saturated carbocycles. The molecule has 2 aromatic heterocycles. The number of halogens is 1. The predicted octanol–water partition coefficient (Wildman–Crippen LogP) is 5.49. The van der Waals surface area contributed by atoms with Crippen molar-refractivity contribution in [3.8, 4) is 22.9 Å². The van der Waals surface area contributed by atoms with Crippen LogP contribution in [0.1, 0.15) is 38.1 Å². The molecule has 0 saturated heterocycles. The number of nitrogens with zero attached hydrogens (tertiary/aromatic N) is 4. The third-order valence-electron chi connectivity index (χ3n) is 4.95. The Balaban J connectivity index is 0.00000149. The van der Waals surface area contributed by atoms with E-state index in [4.69, 9.17) is 15.5 Å². The summed E-state index contributed by atoms with van der Waals surface area (Å²) in [5.74, 6) is 0.541. The molecule has 1 atom stereocenters. The predicted molar refractivity (Wildman–Crippen MR) is 128 cm³/mol. The normalized spacial score (nSPS) is 11.2. The Morgan fingerprint density at radius 3 is 2.52 bits per heavy atom. The highest BCUT2D eigenvalue weighted by molar-refractivity contribution is 5.94. The third-order valence-corrected chi connectivity index (χ3v) is 4.95. The van der Waals surface area contributed by atoms with Crippen molar-refractivity contribution < 1.29 is 9.13 Å². The highest BCUT2D eigenvalue weighted by atomic mass is 19.1. The number of nitriles is 1. The van der Waals surface area contributed by atoms with Crippen LogP contribution >= 0.6 is 0 Å². The number of nitrogen functional groups attached to an aromatic ring is 1. The number of aromatic nitrogens is 3. The molecule has 0 bridgehead atoms. The van der Waals surface area contributed by atoms with Gasteiger partial charge in [0.05, 0.1) is 24.4 Å². The summed E-state index contributed by atoms with van der Waals surface area (Å²) in [7, 11) is 1.55. The van der Waals surface area contributed by atoms with E-state index in [9.17, 15) is 9.65 Å². The van der Waals surface area contributed by atoms with Crippen LogP contribution in [-0.4, -0.2) is 22.1 Å². The lowest BCUT2D eigenvalue weighted by atomic mass is 9.96. The summed E-state index contributed by atoms with van der Waals surface area (Å²) in [6, 6.07) is 15.6. The average molecular weight is 445 g/mol. The maximum absolute atomic E-state index is 14.0. The van der Waals surface area contributed by atoms with Crippen LogP contribution in [0.5, 0.6) is 5.75 Å². The van der Waals surface area contributed by atoms with Crippen molar-refractivity contribution >= 4 is 22.5 Å². The lowest BCUT2D eigenvalue weighted by molar-refractivity contribution is 0.420. The van der Waals surface area contributed by atoms with Crippen molar-refractivity contribution in [1.82, 2.24) is 15.0 Å². The summed E-state index contributed by atoms with van der Waals surface area (Å²) in [5, 5.41) is 13.2. The number of fused-ring (bicyclic) bond motifs is 1. The highest BCUT2D eigenvalue weighted by Gasteiger charge is 2.23. The summed E-state index contributed by atoms with van der Waals surface area (Å²) in [6.07, 6.45) is 1.29.